The van der Waals surface area contributed by atoms with Crippen LogP contribution in [-0.2, 0) is 16.0 Å². The van der Waals surface area contributed by atoms with Crippen LogP contribution in [0.15, 0.2) is 36.4 Å². The van der Waals surface area contributed by atoms with Crippen LogP contribution in [-0.4, -0.2) is 40.6 Å². The maximum atomic E-state index is 14.5. The number of ether oxygens (including phenoxy) is 1. The Bertz CT molecular complexity index is 1200. The van der Waals surface area contributed by atoms with Gasteiger partial charge in [0.15, 0.2) is 11.6 Å². The summed E-state index contributed by atoms with van der Waals surface area (Å²) in [5.41, 5.74) is 1.29. The number of fused-ring (bicyclic) bond motifs is 1. The van der Waals surface area contributed by atoms with Gasteiger partial charge in [0.2, 0.25) is 5.91 Å². The van der Waals surface area contributed by atoms with Crippen molar-refractivity contribution in [1.82, 2.24) is 9.88 Å². The standard InChI is InChI=1S/C23H22F2N2O5/c1-12(8-22(29)30)26-21(28)10-16-13(2)27(23(31)14-4-6-15(24)7-5-14)19-11-18(25)20(32-3)9-17(16)19/h4-7,9,11-12H,8,10H2,1-3H3,(H,26,28)(H,29,30). The van der Waals surface area contributed by atoms with E-state index >= 15 is 0 Å². The maximum Gasteiger partial charge on any atom is 0.305 e. The third-order valence-corrected chi connectivity index (χ3v) is 5.13. The number of carbonyl (C=O) groups is 3. The second kappa shape index (κ2) is 9.17. The van der Waals surface area contributed by atoms with Gasteiger partial charge in [-0.1, -0.05) is 0 Å². The van der Waals surface area contributed by atoms with Crippen molar-refractivity contribution in [3.8, 4) is 5.75 Å². The summed E-state index contributed by atoms with van der Waals surface area (Å²) in [5.74, 6) is -3.24. The number of aromatic nitrogens is 1. The van der Waals surface area contributed by atoms with E-state index in [-0.39, 0.29) is 29.7 Å². The minimum Gasteiger partial charge on any atom is -0.494 e. The first-order chi connectivity index (χ1) is 15.1. The molecule has 3 aromatic rings. The van der Waals surface area contributed by atoms with Crippen molar-refractivity contribution in [2.24, 2.45) is 0 Å². The average Bonchev–Trinajstić information content (AvgIpc) is 2.97. The van der Waals surface area contributed by atoms with Gasteiger partial charge in [0, 0.05) is 28.8 Å². The van der Waals surface area contributed by atoms with Gasteiger partial charge in [0.1, 0.15) is 5.82 Å². The summed E-state index contributed by atoms with van der Waals surface area (Å²) in [6, 6.07) is 6.91. The average molecular weight is 444 g/mol. The van der Waals surface area contributed by atoms with Crippen LogP contribution in [0.4, 0.5) is 8.78 Å². The predicted molar refractivity (Wildman–Crippen MR) is 113 cm³/mol. The number of rotatable bonds is 7. The number of amides is 1. The Labute approximate surface area is 182 Å². The predicted octanol–water partition coefficient (Wildman–Crippen LogP) is 3.45. The zero-order valence-electron chi connectivity index (χ0n) is 17.7. The van der Waals surface area contributed by atoms with Gasteiger partial charge in [-0.3, -0.25) is 19.0 Å². The van der Waals surface area contributed by atoms with Crippen LogP contribution in [0.25, 0.3) is 10.9 Å². The fourth-order valence-electron chi connectivity index (χ4n) is 3.64. The molecule has 2 aromatic carbocycles. The van der Waals surface area contributed by atoms with Gasteiger partial charge in [0.05, 0.1) is 25.5 Å². The monoisotopic (exact) mass is 444 g/mol. The van der Waals surface area contributed by atoms with E-state index in [1.54, 1.807) is 13.8 Å². The molecule has 9 heteroatoms. The fraction of sp³-hybridized carbons (Fsp3) is 0.261. The van der Waals surface area contributed by atoms with Crippen LogP contribution in [0, 0.1) is 18.6 Å². The number of hydrogen-bond acceptors (Lipinski definition) is 4. The van der Waals surface area contributed by atoms with Crippen LogP contribution < -0.4 is 10.1 Å². The quantitative estimate of drug-likeness (QED) is 0.582. The zero-order chi connectivity index (χ0) is 23.6. The number of carboxylic acid groups (broad SMARTS) is 1. The highest BCUT2D eigenvalue weighted by molar-refractivity contribution is 6.05. The molecule has 0 radical (unpaired) electrons. The van der Waals surface area contributed by atoms with E-state index in [1.807, 2.05) is 0 Å². The Morgan fingerprint density at radius 3 is 2.41 bits per heavy atom. The summed E-state index contributed by atoms with van der Waals surface area (Å²) in [6.45, 7) is 3.19. The summed E-state index contributed by atoms with van der Waals surface area (Å²) in [7, 11) is 1.30. The number of carbonyl (C=O) groups excluding carboxylic acids is 2. The molecule has 0 aliphatic carbocycles. The van der Waals surface area contributed by atoms with Gasteiger partial charge < -0.3 is 15.2 Å². The molecule has 1 atom stereocenters. The van der Waals surface area contributed by atoms with Crippen molar-refractivity contribution >= 4 is 28.7 Å². The van der Waals surface area contributed by atoms with Crippen molar-refractivity contribution in [3.05, 3.63) is 64.9 Å². The molecule has 32 heavy (non-hydrogen) atoms. The Morgan fingerprint density at radius 1 is 1.16 bits per heavy atom. The largest absolute Gasteiger partial charge is 0.494 e. The van der Waals surface area contributed by atoms with Crippen LogP contribution in [0.3, 0.4) is 0 Å². The van der Waals surface area contributed by atoms with Crippen LogP contribution in [0.5, 0.6) is 5.75 Å². The van der Waals surface area contributed by atoms with Crippen molar-refractivity contribution in [2.75, 3.05) is 7.11 Å². The summed E-state index contributed by atoms with van der Waals surface area (Å²) in [4.78, 5) is 36.6. The molecule has 0 aliphatic heterocycles. The molecule has 0 fully saturated rings. The highest BCUT2D eigenvalue weighted by Gasteiger charge is 2.24. The molecule has 0 spiro atoms. The summed E-state index contributed by atoms with van der Waals surface area (Å²) < 4.78 is 34.1. The number of halogens is 2. The molecular formula is C23H22F2N2O5. The summed E-state index contributed by atoms with van der Waals surface area (Å²) in [5, 5.41) is 11.9. The molecule has 0 bridgehead atoms. The number of carboxylic acids is 1. The zero-order valence-corrected chi connectivity index (χ0v) is 17.7. The van der Waals surface area contributed by atoms with Crippen molar-refractivity contribution in [3.63, 3.8) is 0 Å². The van der Waals surface area contributed by atoms with E-state index in [0.717, 1.165) is 18.2 Å². The number of nitrogens with one attached hydrogen (secondary N) is 1. The number of nitrogens with zero attached hydrogens (tertiary/aromatic N) is 1. The van der Waals surface area contributed by atoms with Crippen LogP contribution in [0.2, 0.25) is 0 Å². The molecule has 1 heterocycles. The van der Waals surface area contributed by atoms with Crippen molar-refractivity contribution in [2.45, 2.75) is 32.7 Å². The minimum absolute atomic E-state index is 0.0511. The van der Waals surface area contributed by atoms with E-state index in [1.165, 1.54) is 29.9 Å². The second-order valence-corrected chi connectivity index (χ2v) is 7.46. The molecule has 1 amide bonds. The third kappa shape index (κ3) is 4.61. The molecule has 7 nitrogen and oxygen atoms in total. The van der Waals surface area contributed by atoms with E-state index < -0.39 is 35.5 Å². The van der Waals surface area contributed by atoms with E-state index in [4.69, 9.17) is 9.84 Å². The lowest BCUT2D eigenvalue weighted by atomic mass is 10.1. The Kier molecular flexibility index (Phi) is 6.57. The normalized spacial score (nSPS) is 11.9. The second-order valence-electron chi connectivity index (χ2n) is 7.46. The lowest BCUT2D eigenvalue weighted by Gasteiger charge is -2.12. The van der Waals surface area contributed by atoms with Crippen molar-refractivity contribution < 1.29 is 33.0 Å². The number of benzene rings is 2. The lowest BCUT2D eigenvalue weighted by molar-refractivity contribution is -0.137. The van der Waals surface area contributed by atoms with Crippen LogP contribution >= 0.6 is 0 Å². The molecular weight excluding hydrogens is 422 g/mol. The molecule has 3 rings (SSSR count). The maximum absolute atomic E-state index is 14.5. The first kappa shape index (κ1) is 22.9. The Hall–Kier alpha value is -3.75. The molecule has 0 saturated carbocycles. The first-order valence-corrected chi connectivity index (χ1v) is 9.81. The van der Waals surface area contributed by atoms with Crippen LogP contribution in [0.1, 0.15) is 35.0 Å². The van der Waals surface area contributed by atoms with Gasteiger partial charge in [-0.05, 0) is 49.7 Å². The topological polar surface area (TPSA) is 97.6 Å². The molecule has 1 aromatic heterocycles. The highest BCUT2D eigenvalue weighted by Crippen LogP contribution is 2.32. The van der Waals surface area contributed by atoms with Crippen molar-refractivity contribution in [1.29, 1.82) is 0 Å². The minimum atomic E-state index is -1.05. The molecule has 0 saturated heterocycles. The molecule has 2 N–H and O–H groups in total. The third-order valence-electron chi connectivity index (χ3n) is 5.13. The van der Waals surface area contributed by atoms with Gasteiger partial charge in [0.25, 0.3) is 5.91 Å². The number of hydrogen-bond donors (Lipinski definition) is 2. The number of aliphatic carboxylic acids is 1. The van der Waals surface area contributed by atoms with Gasteiger partial charge in [-0.2, -0.15) is 0 Å². The Morgan fingerprint density at radius 2 is 1.81 bits per heavy atom. The van der Waals surface area contributed by atoms with Gasteiger partial charge in [-0.15, -0.1) is 0 Å². The first-order valence-electron chi connectivity index (χ1n) is 9.81. The summed E-state index contributed by atoms with van der Waals surface area (Å²) in [6.07, 6.45) is -0.403. The number of methoxy groups -OCH3 is 1. The smallest absolute Gasteiger partial charge is 0.305 e. The summed E-state index contributed by atoms with van der Waals surface area (Å²) >= 11 is 0. The molecule has 168 valence electrons. The molecule has 0 aliphatic rings. The molecule has 1 unspecified atom stereocenters. The van der Waals surface area contributed by atoms with E-state index in [0.29, 0.717) is 16.6 Å². The van der Waals surface area contributed by atoms with Gasteiger partial charge >= 0.3 is 5.97 Å². The lowest BCUT2D eigenvalue weighted by Crippen LogP contribution is -2.35. The highest BCUT2D eigenvalue weighted by atomic mass is 19.1. The fourth-order valence-corrected chi connectivity index (χ4v) is 3.64. The Balaban J connectivity index is 2.08. The van der Waals surface area contributed by atoms with E-state index in [9.17, 15) is 23.2 Å². The van der Waals surface area contributed by atoms with Gasteiger partial charge in [-0.25, -0.2) is 8.78 Å². The SMILES string of the molecule is COc1cc2c(CC(=O)NC(C)CC(=O)O)c(C)n(C(=O)c3ccc(F)cc3)c2cc1F. The van der Waals surface area contributed by atoms with E-state index in [2.05, 4.69) is 5.32 Å².